The number of piperazine rings is 1. The second-order valence-corrected chi connectivity index (χ2v) is 8.22. The van der Waals surface area contributed by atoms with E-state index in [1.807, 2.05) is 18.9 Å². The number of amides is 1. The molecule has 10 heteroatoms. The molecule has 0 spiro atoms. The molecule has 1 heterocycles. The van der Waals surface area contributed by atoms with Gasteiger partial charge >= 0.3 is 6.18 Å². The summed E-state index contributed by atoms with van der Waals surface area (Å²) >= 11 is 6.24. The van der Waals surface area contributed by atoms with Crippen molar-refractivity contribution in [3.63, 3.8) is 0 Å². The van der Waals surface area contributed by atoms with Crippen molar-refractivity contribution in [1.82, 2.24) is 4.90 Å². The van der Waals surface area contributed by atoms with Crippen LogP contribution in [-0.4, -0.2) is 57.8 Å². The summed E-state index contributed by atoms with van der Waals surface area (Å²) in [5.74, 6) is -0.234. The van der Waals surface area contributed by atoms with Crippen LogP contribution in [0.4, 0.5) is 24.5 Å². The lowest BCUT2D eigenvalue weighted by Crippen LogP contribution is -2.44. The summed E-state index contributed by atoms with van der Waals surface area (Å²) in [5, 5.41) is 2.50. The van der Waals surface area contributed by atoms with Crippen LogP contribution in [0.3, 0.4) is 0 Å². The highest BCUT2D eigenvalue weighted by molar-refractivity contribution is 6.32. The molecule has 180 valence electrons. The van der Waals surface area contributed by atoms with Crippen molar-refractivity contribution in [1.29, 1.82) is 0 Å². The Hall–Kier alpha value is -2.65. The van der Waals surface area contributed by atoms with Gasteiger partial charge in [0.1, 0.15) is 0 Å². The maximum absolute atomic E-state index is 13.8. The number of rotatable bonds is 7. The van der Waals surface area contributed by atoms with Gasteiger partial charge in [0, 0.05) is 37.4 Å². The third-order valence-electron chi connectivity index (χ3n) is 5.37. The molecular formula is C23H27ClF3N3O3. The Morgan fingerprint density at radius 3 is 2.45 bits per heavy atom. The summed E-state index contributed by atoms with van der Waals surface area (Å²) in [6.07, 6.45) is -3.90. The van der Waals surface area contributed by atoms with Crippen molar-refractivity contribution in [2.75, 3.05) is 57.2 Å². The smallest absolute Gasteiger partial charge is 0.418 e. The van der Waals surface area contributed by atoms with Gasteiger partial charge in [-0.1, -0.05) is 18.5 Å². The van der Waals surface area contributed by atoms with E-state index in [4.69, 9.17) is 21.1 Å². The lowest BCUT2D eigenvalue weighted by Gasteiger charge is -2.34. The molecule has 0 saturated carbocycles. The first kappa shape index (κ1) is 25.0. The molecule has 1 N–H and O–H groups in total. The van der Waals surface area contributed by atoms with Gasteiger partial charge in [-0.2, -0.15) is 13.2 Å². The summed E-state index contributed by atoms with van der Waals surface area (Å²) < 4.78 is 52.3. The fraction of sp³-hybridized carbons (Fsp3) is 0.435. The van der Waals surface area contributed by atoms with Gasteiger partial charge in [0.05, 0.1) is 30.0 Å². The van der Waals surface area contributed by atoms with Crippen LogP contribution in [0.1, 0.15) is 29.3 Å². The lowest BCUT2D eigenvalue weighted by molar-refractivity contribution is -0.136. The monoisotopic (exact) mass is 485 g/mol. The van der Waals surface area contributed by atoms with Crippen molar-refractivity contribution in [2.24, 2.45) is 0 Å². The van der Waals surface area contributed by atoms with E-state index < -0.39 is 17.6 Å². The fourth-order valence-corrected chi connectivity index (χ4v) is 3.79. The first-order valence-corrected chi connectivity index (χ1v) is 11.0. The van der Waals surface area contributed by atoms with Crippen LogP contribution < -0.4 is 19.7 Å². The number of hydrogen-bond acceptors (Lipinski definition) is 5. The number of anilines is 2. The van der Waals surface area contributed by atoms with Crippen molar-refractivity contribution < 1.29 is 27.4 Å². The van der Waals surface area contributed by atoms with Gasteiger partial charge in [-0.15, -0.1) is 0 Å². The lowest BCUT2D eigenvalue weighted by atomic mass is 10.1. The molecule has 1 aliphatic rings. The molecule has 1 fully saturated rings. The summed E-state index contributed by atoms with van der Waals surface area (Å²) in [7, 11) is 3.37. The Morgan fingerprint density at radius 1 is 1.15 bits per heavy atom. The van der Waals surface area contributed by atoms with E-state index in [0.717, 1.165) is 25.6 Å². The van der Waals surface area contributed by atoms with Crippen molar-refractivity contribution >= 4 is 28.9 Å². The Bertz CT molecular complexity index is 993. The number of carbonyl (C=O) groups excluding carboxylic acids is 1. The summed E-state index contributed by atoms with van der Waals surface area (Å²) in [6, 6.07) is 6.68. The van der Waals surface area contributed by atoms with Crippen molar-refractivity contribution in [3.05, 3.63) is 46.5 Å². The largest absolute Gasteiger partial charge is 0.493 e. The number of hydrogen-bond donors (Lipinski definition) is 1. The zero-order chi connectivity index (χ0) is 24.2. The predicted octanol–water partition coefficient (Wildman–Crippen LogP) is 5.16. The summed E-state index contributed by atoms with van der Waals surface area (Å²) in [5.41, 5.74) is -0.715. The average Bonchev–Trinajstić information content (AvgIpc) is 2.77. The number of halogens is 4. The first-order valence-electron chi connectivity index (χ1n) is 10.6. The molecule has 1 aliphatic heterocycles. The van der Waals surface area contributed by atoms with E-state index in [1.54, 1.807) is 6.07 Å². The minimum absolute atomic E-state index is 0.0527. The Labute approximate surface area is 196 Å². The van der Waals surface area contributed by atoms with Crippen LogP contribution in [0.15, 0.2) is 30.3 Å². The molecule has 0 unspecified atom stereocenters. The van der Waals surface area contributed by atoms with E-state index >= 15 is 0 Å². The minimum atomic E-state index is -4.64. The Kier molecular flexibility index (Phi) is 7.97. The highest BCUT2D eigenvalue weighted by atomic mass is 35.5. The van der Waals surface area contributed by atoms with Crippen molar-refractivity contribution in [2.45, 2.75) is 19.5 Å². The number of methoxy groups -OCH3 is 1. The van der Waals surface area contributed by atoms with Gasteiger partial charge in [0.15, 0.2) is 11.5 Å². The maximum Gasteiger partial charge on any atom is 0.418 e. The zero-order valence-electron chi connectivity index (χ0n) is 18.8. The highest BCUT2D eigenvalue weighted by Crippen LogP contribution is 2.39. The zero-order valence-corrected chi connectivity index (χ0v) is 19.5. The van der Waals surface area contributed by atoms with Gasteiger partial charge in [-0.3, -0.25) is 4.79 Å². The first-order chi connectivity index (χ1) is 15.6. The molecular weight excluding hydrogens is 459 g/mol. The molecule has 1 saturated heterocycles. The van der Waals surface area contributed by atoms with Gasteiger partial charge < -0.3 is 24.6 Å². The van der Waals surface area contributed by atoms with Crippen LogP contribution >= 0.6 is 11.6 Å². The second kappa shape index (κ2) is 10.5. The fourth-order valence-electron chi connectivity index (χ4n) is 3.53. The molecule has 0 atom stereocenters. The van der Waals surface area contributed by atoms with E-state index in [1.165, 1.54) is 25.3 Å². The quantitative estimate of drug-likeness (QED) is 0.587. The molecule has 0 bridgehead atoms. The number of ether oxygens (including phenoxy) is 2. The van der Waals surface area contributed by atoms with Crippen LogP contribution in [0.2, 0.25) is 5.02 Å². The number of nitrogens with one attached hydrogen (secondary N) is 1. The third-order valence-corrected chi connectivity index (χ3v) is 5.65. The summed E-state index contributed by atoms with van der Waals surface area (Å²) in [4.78, 5) is 16.8. The molecule has 2 aromatic carbocycles. The second-order valence-electron chi connectivity index (χ2n) is 7.81. The van der Waals surface area contributed by atoms with E-state index in [2.05, 4.69) is 10.2 Å². The van der Waals surface area contributed by atoms with E-state index in [9.17, 15) is 18.0 Å². The molecule has 1 amide bonds. The molecule has 0 radical (unpaired) electrons. The number of carbonyl (C=O) groups is 1. The number of benzene rings is 2. The van der Waals surface area contributed by atoms with Gasteiger partial charge in [0.25, 0.3) is 5.91 Å². The maximum atomic E-state index is 13.8. The van der Waals surface area contributed by atoms with Gasteiger partial charge in [-0.05, 0) is 43.8 Å². The van der Waals surface area contributed by atoms with Gasteiger partial charge in [-0.25, -0.2) is 0 Å². The number of likely N-dealkylation sites (N-methyl/N-ethyl adjacent to an activating group) is 1. The van der Waals surface area contributed by atoms with Crippen LogP contribution in [-0.2, 0) is 6.18 Å². The highest BCUT2D eigenvalue weighted by Gasteiger charge is 2.35. The van der Waals surface area contributed by atoms with Crippen LogP contribution in [0, 0.1) is 0 Å². The third kappa shape index (κ3) is 6.03. The summed E-state index contributed by atoms with van der Waals surface area (Å²) in [6.45, 7) is 5.11. The average molecular weight is 486 g/mol. The number of alkyl halides is 3. The molecule has 33 heavy (non-hydrogen) atoms. The molecule has 3 rings (SSSR count). The normalized spacial score (nSPS) is 14.8. The number of nitrogens with zero attached hydrogens (tertiary/aromatic N) is 2. The minimum Gasteiger partial charge on any atom is -0.493 e. The molecule has 2 aromatic rings. The van der Waals surface area contributed by atoms with Gasteiger partial charge in [0.2, 0.25) is 0 Å². The standard InChI is InChI=1S/C23H27ClF3N3O3/c1-4-11-33-21-18(24)12-15(13-20(21)32-3)22(31)28-19-6-5-16(14-17(19)23(25,26)27)30-9-7-29(2)8-10-30/h5-6,12-14H,4,7-11H2,1-3H3,(H,28,31). The Balaban J connectivity index is 1.87. The van der Waals surface area contributed by atoms with E-state index in [0.29, 0.717) is 25.4 Å². The topological polar surface area (TPSA) is 54.0 Å². The van der Waals surface area contributed by atoms with Crippen LogP contribution in [0.25, 0.3) is 0 Å². The van der Waals surface area contributed by atoms with Crippen LogP contribution in [0.5, 0.6) is 11.5 Å². The van der Waals surface area contributed by atoms with E-state index in [-0.39, 0.29) is 27.8 Å². The van der Waals surface area contributed by atoms with Crippen molar-refractivity contribution in [3.8, 4) is 11.5 Å². The Morgan fingerprint density at radius 2 is 1.85 bits per heavy atom. The molecule has 0 aliphatic carbocycles. The molecule has 6 nitrogen and oxygen atoms in total. The predicted molar refractivity (Wildman–Crippen MR) is 123 cm³/mol. The molecule has 0 aromatic heterocycles. The SMILES string of the molecule is CCCOc1c(Cl)cc(C(=O)Nc2ccc(N3CCN(C)CC3)cc2C(F)(F)F)cc1OC.